The van der Waals surface area contributed by atoms with Crippen molar-refractivity contribution in [2.45, 2.75) is 13.3 Å². The number of ether oxygens (including phenoxy) is 3. The van der Waals surface area contributed by atoms with Gasteiger partial charge in [-0.2, -0.15) is 0 Å². The molecule has 0 spiro atoms. The van der Waals surface area contributed by atoms with Gasteiger partial charge in [0, 0.05) is 6.07 Å². The number of quaternary nitrogens is 1. The van der Waals surface area contributed by atoms with Crippen molar-refractivity contribution in [2.75, 3.05) is 46.1 Å². The number of morpholine rings is 1. The first-order valence-electron chi connectivity index (χ1n) is 7.15. The quantitative estimate of drug-likeness (QED) is 0.791. The summed E-state index contributed by atoms with van der Waals surface area (Å²) >= 11 is 0. The molecule has 1 heterocycles. The van der Waals surface area contributed by atoms with E-state index >= 15 is 0 Å². The lowest BCUT2D eigenvalue weighted by atomic mass is 10.3. The summed E-state index contributed by atoms with van der Waals surface area (Å²) in [7, 11) is 0. The number of rotatable bonds is 7. The van der Waals surface area contributed by atoms with Crippen LogP contribution >= 0.6 is 0 Å². The van der Waals surface area contributed by atoms with Gasteiger partial charge in [0.2, 0.25) is 0 Å². The van der Waals surface area contributed by atoms with Crippen LogP contribution in [-0.4, -0.2) is 46.1 Å². The molecular formula is C15H24NO3+. The van der Waals surface area contributed by atoms with Crippen LogP contribution in [0.5, 0.6) is 11.5 Å². The van der Waals surface area contributed by atoms with Crippen molar-refractivity contribution in [3.05, 3.63) is 24.3 Å². The Balaban J connectivity index is 1.72. The van der Waals surface area contributed by atoms with Gasteiger partial charge >= 0.3 is 0 Å². The van der Waals surface area contributed by atoms with Crippen LogP contribution in [0.15, 0.2) is 24.3 Å². The van der Waals surface area contributed by atoms with Crippen LogP contribution in [0, 0.1) is 0 Å². The van der Waals surface area contributed by atoms with E-state index in [4.69, 9.17) is 14.2 Å². The highest BCUT2D eigenvalue weighted by atomic mass is 16.5. The molecule has 1 aromatic rings. The molecule has 4 nitrogen and oxygen atoms in total. The molecule has 0 atom stereocenters. The van der Waals surface area contributed by atoms with E-state index in [1.54, 1.807) is 4.90 Å². The average molecular weight is 266 g/mol. The molecule has 0 saturated carbocycles. The van der Waals surface area contributed by atoms with Crippen LogP contribution in [-0.2, 0) is 4.74 Å². The second kappa shape index (κ2) is 8.02. The standard InChI is InChI=1S/C15H23NO3/c1-2-9-18-14-4-3-5-15(13-14)19-12-8-16-6-10-17-11-7-16/h3-5,13H,2,6-12H2,1H3/p+1. The van der Waals surface area contributed by atoms with E-state index in [1.807, 2.05) is 24.3 Å². The third-order valence-corrected chi connectivity index (χ3v) is 3.20. The molecule has 2 rings (SSSR count). The fourth-order valence-corrected chi connectivity index (χ4v) is 2.10. The first-order chi connectivity index (χ1) is 9.38. The molecule has 0 unspecified atom stereocenters. The highest BCUT2D eigenvalue weighted by Crippen LogP contribution is 2.19. The summed E-state index contributed by atoms with van der Waals surface area (Å²) in [5, 5.41) is 0. The molecule has 19 heavy (non-hydrogen) atoms. The summed E-state index contributed by atoms with van der Waals surface area (Å²) < 4.78 is 16.7. The molecule has 1 aliphatic heterocycles. The van der Waals surface area contributed by atoms with Crippen molar-refractivity contribution in [3.63, 3.8) is 0 Å². The minimum absolute atomic E-state index is 0.743. The van der Waals surface area contributed by atoms with Crippen molar-refractivity contribution >= 4 is 0 Å². The van der Waals surface area contributed by atoms with Gasteiger partial charge in [0.05, 0.1) is 19.8 Å². The molecule has 1 saturated heterocycles. The maximum absolute atomic E-state index is 5.79. The number of benzene rings is 1. The van der Waals surface area contributed by atoms with Crippen LogP contribution in [0.1, 0.15) is 13.3 Å². The summed E-state index contributed by atoms with van der Waals surface area (Å²) in [4.78, 5) is 1.56. The maximum atomic E-state index is 5.79. The summed E-state index contributed by atoms with van der Waals surface area (Å²) in [5.74, 6) is 1.78. The van der Waals surface area contributed by atoms with E-state index in [0.29, 0.717) is 0 Å². The fourth-order valence-electron chi connectivity index (χ4n) is 2.10. The third kappa shape index (κ3) is 5.09. The van der Waals surface area contributed by atoms with Gasteiger partial charge in [-0.1, -0.05) is 13.0 Å². The zero-order valence-corrected chi connectivity index (χ0v) is 11.7. The highest BCUT2D eigenvalue weighted by Gasteiger charge is 2.13. The Hall–Kier alpha value is -1.26. The fraction of sp³-hybridized carbons (Fsp3) is 0.600. The van der Waals surface area contributed by atoms with Gasteiger partial charge in [-0.05, 0) is 18.6 Å². The van der Waals surface area contributed by atoms with Gasteiger partial charge in [0.25, 0.3) is 0 Å². The molecule has 106 valence electrons. The van der Waals surface area contributed by atoms with Crippen LogP contribution in [0.3, 0.4) is 0 Å². The highest BCUT2D eigenvalue weighted by molar-refractivity contribution is 5.32. The predicted molar refractivity (Wildman–Crippen MR) is 74.1 cm³/mol. The van der Waals surface area contributed by atoms with Crippen molar-refractivity contribution in [1.82, 2.24) is 0 Å². The average Bonchev–Trinajstić information content (AvgIpc) is 2.47. The molecule has 1 aromatic carbocycles. The maximum Gasteiger partial charge on any atom is 0.137 e. The van der Waals surface area contributed by atoms with Crippen LogP contribution in [0.4, 0.5) is 0 Å². The van der Waals surface area contributed by atoms with E-state index in [2.05, 4.69) is 6.92 Å². The molecule has 1 aliphatic rings. The minimum atomic E-state index is 0.743. The minimum Gasteiger partial charge on any atom is -0.493 e. The predicted octanol–water partition coefficient (Wildman–Crippen LogP) is 0.769. The van der Waals surface area contributed by atoms with Crippen LogP contribution in [0.2, 0.25) is 0 Å². The largest absolute Gasteiger partial charge is 0.493 e. The Labute approximate surface area is 115 Å². The smallest absolute Gasteiger partial charge is 0.137 e. The van der Waals surface area contributed by atoms with Crippen LogP contribution < -0.4 is 14.4 Å². The molecular weight excluding hydrogens is 242 g/mol. The lowest BCUT2D eigenvalue weighted by molar-refractivity contribution is -0.908. The first kappa shape index (κ1) is 14.2. The van der Waals surface area contributed by atoms with Gasteiger partial charge in [-0.3, -0.25) is 0 Å². The molecule has 1 N–H and O–H groups in total. The van der Waals surface area contributed by atoms with Gasteiger partial charge in [-0.25, -0.2) is 0 Å². The number of hydrogen-bond donors (Lipinski definition) is 1. The Bertz CT molecular complexity index is 364. The lowest BCUT2D eigenvalue weighted by Gasteiger charge is -2.23. The van der Waals surface area contributed by atoms with Crippen molar-refractivity contribution in [1.29, 1.82) is 0 Å². The SMILES string of the molecule is CCCOc1cccc(OCC[NH+]2CCOCC2)c1. The third-order valence-electron chi connectivity index (χ3n) is 3.20. The Morgan fingerprint density at radius 1 is 1.11 bits per heavy atom. The van der Waals surface area contributed by atoms with Crippen molar-refractivity contribution < 1.29 is 19.1 Å². The monoisotopic (exact) mass is 266 g/mol. The van der Waals surface area contributed by atoms with E-state index in [9.17, 15) is 0 Å². The summed E-state index contributed by atoms with van der Waals surface area (Å²) in [6.07, 6.45) is 1.02. The first-order valence-corrected chi connectivity index (χ1v) is 7.15. The zero-order chi connectivity index (χ0) is 13.3. The van der Waals surface area contributed by atoms with E-state index in [0.717, 1.165) is 64.0 Å². The normalized spacial score (nSPS) is 16.3. The molecule has 1 fully saturated rings. The molecule has 0 radical (unpaired) electrons. The van der Waals surface area contributed by atoms with E-state index in [-0.39, 0.29) is 0 Å². The molecule has 0 bridgehead atoms. The Kier molecular flexibility index (Phi) is 5.98. The van der Waals surface area contributed by atoms with E-state index < -0.39 is 0 Å². The summed E-state index contributed by atoms with van der Waals surface area (Å²) in [6.45, 7) is 8.54. The van der Waals surface area contributed by atoms with Gasteiger partial charge in [0.15, 0.2) is 0 Å². The molecule has 0 amide bonds. The van der Waals surface area contributed by atoms with Gasteiger partial charge in [-0.15, -0.1) is 0 Å². The zero-order valence-electron chi connectivity index (χ0n) is 11.7. The Morgan fingerprint density at radius 3 is 2.47 bits per heavy atom. The van der Waals surface area contributed by atoms with Gasteiger partial charge in [0.1, 0.15) is 37.7 Å². The van der Waals surface area contributed by atoms with Gasteiger partial charge < -0.3 is 19.1 Å². The van der Waals surface area contributed by atoms with Crippen molar-refractivity contribution in [3.8, 4) is 11.5 Å². The van der Waals surface area contributed by atoms with Crippen LogP contribution in [0.25, 0.3) is 0 Å². The van der Waals surface area contributed by atoms with Crippen molar-refractivity contribution in [2.24, 2.45) is 0 Å². The number of hydrogen-bond acceptors (Lipinski definition) is 3. The Morgan fingerprint density at radius 2 is 1.79 bits per heavy atom. The summed E-state index contributed by atoms with van der Waals surface area (Å²) in [6, 6.07) is 7.88. The molecule has 0 aliphatic carbocycles. The topological polar surface area (TPSA) is 32.1 Å². The molecule has 4 heteroatoms. The van der Waals surface area contributed by atoms with E-state index in [1.165, 1.54) is 0 Å². The summed E-state index contributed by atoms with van der Waals surface area (Å²) in [5.41, 5.74) is 0. The number of nitrogens with one attached hydrogen (secondary N) is 1. The molecule has 0 aromatic heterocycles. The lowest BCUT2D eigenvalue weighted by Crippen LogP contribution is -3.14. The second-order valence-electron chi connectivity index (χ2n) is 4.78. The second-order valence-corrected chi connectivity index (χ2v) is 4.78.